The molecule has 0 spiro atoms. The van der Waals surface area contributed by atoms with Crippen molar-refractivity contribution in [2.24, 2.45) is 4.99 Å². The fourth-order valence-corrected chi connectivity index (χ4v) is 4.81. The monoisotopic (exact) mass is 424 g/mol. The van der Waals surface area contributed by atoms with E-state index in [2.05, 4.69) is 15.2 Å². The van der Waals surface area contributed by atoms with E-state index in [1.807, 2.05) is 63.2 Å². The van der Waals surface area contributed by atoms with Crippen LogP contribution in [0.4, 0.5) is 0 Å². The number of aromatic nitrogens is 3. The van der Waals surface area contributed by atoms with Gasteiger partial charge in [0.2, 0.25) is 0 Å². The van der Waals surface area contributed by atoms with Crippen LogP contribution in [0.15, 0.2) is 62.4 Å². The van der Waals surface area contributed by atoms with Gasteiger partial charge in [0, 0.05) is 28.9 Å². The molecule has 0 fully saturated rings. The van der Waals surface area contributed by atoms with Crippen molar-refractivity contribution >= 4 is 40.0 Å². The van der Waals surface area contributed by atoms with Gasteiger partial charge in [0.25, 0.3) is 5.91 Å². The van der Waals surface area contributed by atoms with Gasteiger partial charge in [-0.2, -0.15) is 0 Å². The number of carbonyl (C=O) groups excluding carboxylic acids is 1. The van der Waals surface area contributed by atoms with Gasteiger partial charge in [0.1, 0.15) is 16.1 Å². The Morgan fingerprint density at radius 2 is 2.00 bits per heavy atom. The lowest BCUT2D eigenvalue weighted by molar-refractivity contribution is 0.0928. The summed E-state index contributed by atoms with van der Waals surface area (Å²) in [6, 6.07) is 13.3. The highest BCUT2D eigenvalue weighted by atomic mass is 32.2. The molecule has 4 rings (SSSR count). The van der Waals surface area contributed by atoms with Crippen LogP contribution in [0.1, 0.15) is 35.0 Å². The van der Waals surface area contributed by atoms with E-state index >= 15 is 0 Å². The van der Waals surface area contributed by atoms with Crippen LogP contribution in [0.25, 0.3) is 11.0 Å². The van der Waals surface area contributed by atoms with Gasteiger partial charge in [0.15, 0.2) is 10.1 Å². The number of fused-ring (bicyclic) bond motifs is 1. The van der Waals surface area contributed by atoms with Crippen LogP contribution in [0.3, 0.4) is 0 Å². The maximum atomic E-state index is 13.4. The molecule has 0 bridgehead atoms. The van der Waals surface area contributed by atoms with Gasteiger partial charge in [-0.15, -0.1) is 10.2 Å². The number of pyridine rings is 1. The fraction of sp³-hybridized carbons (Fsp3) is 0.238. The Kier molecular flexibility index (Phi) is 5.64. The molecule has 8 heteroatoms. The number of hydrogen-bond acceptors (Lipinski definition) is 7. The molecular weight excluding hydrogens is 404 g/mol. The molecule has 0 aliphatic heterocycles. The van der Waals surface area contributed by atoms with Gasteiger partial charge in [-0.05, 0) is 39.0 Å². The summed E-state index contributed by atoms with van der Waals surface area (Å²) in [6.45, 7) is 5.89. The third kappa shape index (κ3) is 4.18. The molecule has 0 N–H and O–H groups in total. The maximum Gasteiger partial charge on any atom is 0.299 e. The SMILES string of the molecule is Cc1nnc(SCc2c(C(=O)n3ccccc3=NC(C)C)oc3ccccc23)s1. The number of carbonyl (C=O) groups is 1. The van der Waals surface area contributed by atoms with Gasteiger partial charge in [-0.3, -0.25) is 14.4 Å². The second kappa shape index (κ2) is 8.34. The molecule has 6 nitrogen and oxygen atoms in total. The Hall–Kier alpha value is -2.71. The summed E-state index contributed by atoms with van der Waals surface area (Å²) in [5, 5.41) is 10.1. The van der Waals surface area contributed by atoms with Crippen LogP contribution in [0.2, 0.25) is 0 Å². The van der Waals surface area contributed by atoms with E-state index in [0.717, 1.165) is 20.3 Å². The average Bonchev–Trinajstić information content (AvgIpc) is 3.29. The van der Waals surface area contributed by atoms with Gasteiger partial charge >= 0.3 is 0 Å². The summed E-state index contributed by atoms with van der Waals surface area (Å²) in [5.74, 6) is 0.665. The Morgan fingerprint density at radius 3 is 2.76 bits per heavy atom. The molecule has 0 aliphatic carbocycles. The molecule has 0 unspecified atom stereocenters. The number of para-hydroxylation sites is 1. The number of rotatable bonds is 5. The summed E-state index contributed by atoms with van der Waals surface area (Å²) < 4.78 is 8.42. The van der Waals surface area contributed by atoms with E-state index < -0.39 is 0 Å². The van der Waals surface area contributed by atoms with Crippen LogP contribution < -0.4 is 5.49 Å². The Bertz CT molecular complexity index is 1240. The molecule has 0 saturated carbocycles. The second-order valence-electron chi connectivity index (χ2n) is 6.74. The minimum Gasteiger partial charge on any atom is -0.451 e. The quantitative estimate of drug-likeness (QED) is 0.435. The summed E-state index contributed by atoms with van der Waals surface area (Å²) in [4.78, 5) is 18.0. The largest absolute Gasteiger partial charge is 0.451 e. The van der Waals surface area contributed by atoms with Crippen molar-refractivity contribution in [2.75, 3.05) is 0 Å². The van der Waals surface area contributed by atoms with E-state index in [-0.39, 0.29) is 11.9 Å². The summed E-state index contributed by atoms with van der Waals surface area (Å²) in [7, 11) is 0. The van der Waals surface area contributed by atoms with E-state index in [1.165, 1.54) is 11.3 Å². The molecule has 148 valence electrons. The van der Waals surface area contributed by atoms with Gasteiger partial charge in [-0.1, -0.05) is 47.4 Å². The molecule has 0 aliphatic rings. The fourth-order valence-electron chi connectivity index (χ4n) is 2.97. The zero-order chi connectivity index (χ0) is 20.4. The first kappa shape index (κ1) is 19.6. The Labute approximate surface area is 176 Å². The first-order chi connectivity index (χ1) is 14.0. The molecule has 3 heterocycles. The van der Waals surface area contributed by atoms with Crippen molar-refractivity contribution in [1.82, 2.24) is 14.8 Å². The number of nitrogens with zero attached hydrogens (tertiary/aromatic N) is 4. The smallest absolute Gasteiger partial charge is 0.299 e. The Morgan fingerprint density at radius 1 is 1.21 bits per heavy atom. The summed E-state index contributed by atoms with van der Waals surface area (Å²) >= 11 is 3.10. The summed E-state index contributed by atoms with van der Waals surface area (Å²) in [6.07, 6.45) is 1.72. The van der Waals surface area contributed by atoms with E-state index in [4.69, 9.17) is 4.42 Å². The van der Waals surface area contributed by atoms with E-state index in [9.17, 15) is 4.79 Å². The minimum atomic E-state index is -0.231. The predicted octanol–water partition coefficient (Wildman–Crippen LogP) is 4.68. The normalized spacial score (nSPS) is 12.2. The van der Waals surface area contributed by atoms with Crippen molar-refractivity contribution in [2.45, 2.75) is 36.9 Å². The number of furan rings is 1. The van der Waals surface area contributed by atoms with Gasteiger partial charge in [-0.25, -0.2) is 0 Å². The van der Waals surface area contributed by atoms with Gasteiger partial charge < -0.3 is 4.42 Å². The van der Waals surface area contributed by atoms with Crippen LogP contribution in [-0.4, -0.2) is 26.7 Å². The average molecular weight is 425 g/mol. The third-order valence-corrected chi connectivity index (χ3v) is 6.19. The number of thioether (sulfide) groups is 1. The zero-order valence-corrected chi connectivity index (χ0v) is 18.0. The molecule has 1 aromatic carbocycles. The highest BCUT2D eigenvalue weighted by Gasteiger charge is 2.22. The molecule has 4 aromatic rings. The first-order valence-corrected chi connectivity index (χ1v) is 11.0. The predicted molar refractivity (Wildman–Crippen MR) is 115 cm³/mol. The number of aryl methyl sites for hydroxylation is 1. The molecule has 0 atom stereocenters. The standard InChI is InChI=1S/C21H20N4O2S2/c1-13(2)22-18-10-6-7-11-25(18)20(26)19-16(12-28-21-24-23-14(3)29-21)15-8-4-5-9-17(15)27-19/h4-11,13H,12H2,1-3H3. The molecule has 3 aromatic heterocycles. The highest BCUT2D eigenvalue weighted by molar-refractivity contribution is 8.00. The van der Waals surface area contributed by atoms with Crippen molar-refractivity contribution in [3.8, 4) is 0 Å². The van der Waals surface area contributed by atoms with Crippen LogP contribution >= 0.6 is 23.1 Å². The minimum absolute atomic E-state index is 0.0720. The zero-order valence-electron chi connectivity index (χ0n) is 16.3. The third-order valence-electron chi connectivity index (χ3n) is 4.19. The van der Waals surface area contributed by atoms with Crippen LogP contribution in [0, 0.1) is 6.92 Å². The lowest BCUT2D eigenvalue weighted by Gasteiger charge is -2.07. The Balaban J connectivity index is 1.78. The lowest BCUT2D eigenvalue weighted by atomic mass is 10.1. The van der Waals surface area contributed by atoms with Crippen molar-refractivity contribution in [1.29, 1.82) is 0 Å². The van der Waals surface area contributed by atoms with Crippen molar-refractivity contribution in [3.05, 3.63) is 70.5 Å². The first-order valence-electron chi connectivity index (χ1n) is 9.22. The summed E-state index contributed by atoms with van der Waals surface area (Å²) in [5.41, 5.74) is 2.15. The van der Waals surface area contributed by atoms with Crippen molar-refractivity contribution < 1.29 is 9.21 Å². The number of benzene rings is 1. The lowest BCUT2D eigenvalue weighted by Crippen LogP contribution is -2.28. The van der Waals surface area contributed by atoms with Crippen LogP contribution in [-0.2, 0) is 5.75 Å². The molecule has 0 saturated heterocycles. The molecular formula is C21H20N4O2S2. The topological polar surface area (TPSA) is 73.3 Å². The molecule has 0 radical (unpaired) electrons. The maximum absolute atomic E-state index is 13.4. The molecule has 29 heavy (non-hydrogen) atoms. The highest BCUT2D eigenvalue weighted by Crippen LogP contribution is 2.33. The molecule has 0 amide bonds. The van der Waals surface area contributed by atoms with E-state index in [0.29, 0.717) is 22.6 Å². The van der Waals surface area contributed by atoms with Crippen molar-refractivity contribution in [3.63, 3.8) is 0 Å². The van der Waals surface area contributed by atoms with E-state index in [1.54, 1.807) is 22.5 Å². The second-order valence-corrected chi connectivity index (χ2v) is 9.14. The van der Waals surface area contributed by atoms with Gasteiger partial charge in [0.05, 0.1) is 0 Å². The van der Waals surface area contributed by atoms with Crippen LogP contribution in [0.5, 0.6) is 0 Å². The number of hydrogen-bond donors (Lipinski definition) is 0.